The van der Waals surface area contributed by atoms with Crippen molar-refractivity contribution in [1.29, 1.82) is 0 Å². The average Bonchev–Trinajstić information content (AvgIpc) is 1.84. The van der Waals surface area contributed by atoms with Crippen LogP contribution in [0.3, 0.4) is 0 Å². The maximum Gasteiger partial charge on any atom is 0.423 e. The average molecular weight is 159 g/mol. The van der Waals surface area contributed by atoms with E-state index in [9.17, 15) is 17.6 Å². The third-order valence-electron chi connectivity index (χ3n) is 1.39. The van der Waals surface area contributed by atoms with Crippen LogP contribution in [-0.2, 0) is 0 Å². The highest BCUT2D eigenvalue weighted by Gasteiger charge is 2.53. The Morgan fingerprint density at radius 3 is 1.60 bits per heavy atom. The fourth-order valence-corrected chi connectivity index (χ4v) is 0.461. The van der Waals surface area contributed by atoms with Gasteiger partial charge in [-0.1, -0.05) is 6.92 Å². The fourth-order valence-electron chi connectivity index (χ4n) is 0.461. The van der Waals surface area contributed by atoms with Gasteiger partial charge in [0.2, 0.25) is 5.67 Å². The summed E-state index contributed by atoms with van der Waals surface area (Å²) in [6.45, 7) is 0.105. The van der Waals surface area contributed by atoms with Crippen LogP contribution in [0.4, 0.5) is 17.6 Å². The molecule has 5 heteroatoms. The van der Waals surface area contributed by atoms with E-state index in [2.05, 4.69) is 5.73 Å². The lowest BCUT2D eigenvalue weighted by molar-refractivity contribution is -0.227. The molecular weight excluding hydrogens is 150 g/mol. The molecule has 1 unspecified atom stereocenters. The van der Waals surface area contributed by atoms with Crippen molar-refractivity contribution in [3.8, 4) is 0 Å². The predicted molar refractivity (Wildman–Crippen MR) is 29.2 cm³/mol. The van der Waals surface area contributed by atoms with E-state index in [0.717, 1.165) is 6.92 Å². The highest BCUT2D eigenvalue weighted by Crippen LogP contribution is 2.35. The molecule has 0 radical (unpaired) electrons. The molecule has 0 amide bonds. The van der Waals surface area contributed by atoms with Gasteiger partial charge in [0.1, 0.15) is 0 Å². The molecule has 0 saturated carbocycles. The zero-order valence-electron chi connectivity index (χ0n) is 5.50. The summed E-state index contributed by atoms with van der Waals surface area (Å²) in [5.41, 5.74) is 1.41. The first kappa shape index (κ1) is 9.68. The third-order valence-corrected chi connectivity index (χ3v) is 1.39. The van der Waals surface area contributed by atoms with Gasteiger partial charge in [0.05, 0.1) is 0 Å². The van der Waals surface area contributed by atoms with Gasteiger partial charge in [-0.3, -0.25) is 0 Å². The minimum Gasteiger partial charge on any atom is -0.327 e. The third kappa shape index (κ3) is 1.59. The SMILES string of the molecule is CCC(F)(CN)C(F)(F)F. The first-order chi connectivity index (χ1) is 4.37. The zero-order chi connectivity index (χ0) is 8.41. The molecule has 0 bridgehead atoms. The van der Waals surface area contributed by atoms with Crippen LogP contribution in [-0.4, -0.2) is 18.4 Å². The number of hydrogen-bond acceptors (Lipinski definition) is 1. The van der Waals surface area contributed by atoms with Crippen LogP contribution < -0.4 is 5.73 Å². The molecule has 0 rings (SSSR count). The Morgan fingerprint density at radius 2 is 1.60 bits per heavy atom. The Hall–Kier alpha value is -0.320. The van der Waals surface area contributed by atoms with Crippen LogP contribution in [0.1, 0.15) is 13.3 Å². The molecule has 1 atom stereocenters. The van der Waals surface area contributed by atoms with Gasteiger partial charge < -0.3 is 5.73 Å². The lowest BCUT2D eigenvalue weighted by Crippen LogP contribution is -2.46. The van der Waals surface area contributed by atoms with Crippen LogP contribution in [0.2, 0.25) is 0 Å². The van der Waals surface area contributed by atoms with E-state index < -0.39 is 24.8 Å². The molecular formula is C5H9F4N. The molecule has 2 N–H and O–H groups in total. The Kier molecular flexibility index (Phi) is 2.65. The Bertz CT molecular complexity index is 105. The first-order valence-electron chi connectivity index (χ1n) is 2.83. The van der Waals surface area contributed by atoms with Gasteiger partial charge in [-0.25, -0.2) is 4.39 Å². The summed E-state index contributed by atoms with van der Waals surface area (Å²) < 4.78 is 47.5. The van der Waals surface area contributed by atoms with Gasteiger partial charge in [-0.2, -0.15) is 13.2 Å². The van der Waals surface area contributed by atoms with E-state index in [1.807, 2.05) is 0 Å². The molecule has 0 heterocycles. The predicted octanol–water partition coefficient (Wildman–Crippen LogP) is 1.63. The van der Waals surface area contributed by atoms with Crippen LogP contribution in [0.5, 0.6) is 0 Å². The number of hydrogen-bond donors (Lipinski definition) is 1. The molecule has 0 aromatic heterocycles. The number of rotatable bonds is 2. The summed E-state index contributed by atoms with van der Waals surface area (Å²) in [5.74, 6) is 0. The monoisotopic (exact) mass is 159 g/mol. The molecule has 0 fully saturated rings. The minimum absolute atomic E-state index is 0.632. The molecule has 62 valence electrons. The van der Waals surface area contributed by atoms with Crippen molar-refractivity contribution < 1.29 is 17.6 Å². The van der Waals surface area contributed by atoms with Crippen molar-refractivity contribution in [2.24, 2.45) is 5.73 Å². The van der Waals surface area contributed by atoms with Gasteiger partial charge in [-0.05, 0) is 6.42 Å². The van der Waals surface area contributed by atoms with Gasteiger partial charge in [-0.15, -0.1) is 0 Å². The first-order valence-corrected chi connectivity index (χ1v) is 2.83. The van der Waals surface area contributed by atoms with Crippen molar-refractivity contribution in [2.45, 2.75) is 25.2 Å². The maximum atomic E-state index is 12.5. The zero-order valence-corrected chi connectivity index (χ0v) is 5.50. The highest BCUT2D eigenvalue weighted by atomic mass is 19.4. The molecule has 0 saturated heterocycles. The fraction of sp³-hybridized carbons (Fsp3) is 1.00. The summed E-state index contributed by atoms with van der Waals surface area (Å²) in [5, 5.41) is 0. The molecule has 0 spiro atoms. The standard InChI is InChI=1S/C5H9F4N/c1-2-4(6,3-10)5(7,8)9/h2-3,10H2,1H3. The van der Waals surface area contributed by atoms with Crippen molar-refractivity contribution in [2.75, 3.05) is 6.54 Å². The highest BCUT2D eigenvalue weighted by molar-refractivity contribution is 4.86. The number of alkyl halides is 4. The van der Waals surface area contributed by atoms with Gasteiger partial charge >= 0.3 is 6.18 Å². The van der Waals surface area contributed by atoms with Crippen molar-refractivity contribution >= 4 is 0 Å². The molecule has 0 aromatic carbocycles. The van der Waals surface area contributed by atoms with Crippen LogP contribution in [0.25, 0.3) is 0 Å². The van der Waals surface area contributed by atoms with Crippen molar-refractivity contribution in [1.82, 2.24) is 0 Å². The second kappa shape index (κ2) is 2.74. The van der Waals surface area contributed by atoms with Crippen LogP contribution >= 0.6 is 0 Å². The molecule has 0 aromatic rings. The molecule has 1 nitrogen and oxygen atoms in total. The summed E-state index contributed by atoms with van der Waals surface area (Å²) >= 11 is 0. The summed E-state index contributed by atoms with van der Waals surface area (Å²) in [7, 11) is 0. The van der Waals surface area contributed by atoms with Crippen LogP contribution in [0.15, 0.2) is 0 Å². The van der Waals surface area contributed by atoms with Gasteiger partial charge in [0, 0.05) is 6.54 Å². The van der Waals surface area contributed by atoms with E-state index in [1.54, 1.807) is 0 Å². The molecule has 0 aliphatic rings. The largest absolute Gasteiger partial charge is 0.423 e. The second-order valence-electron chi connectivity index (χ2n) is 2.02. The van der Waals surface area contributed by atoms with E-state index >= 15 is 0 Å². The summed E-state index contributed by atoms with van der Waals surface area (Å²) in [4.78, 5) is 0. The molecule has 0 aliphatic carbocycles. The number of nitrogens with two attached hydrogens (primary N) is 1. The number of halogens is 4. The second-order valence-corrected chi connectivity index (χ2v) is 2.02. The molecule has 0 aliphatic heterocycles. The topological polar surface area (TPSA) is 26.0 Å². The van der Waals surface area contributed by atoms with Crippen molar-refractivity contribution in [3.05, 3.63) is 0 Å². The van der Waals surface area contributed by atoms with E-state index in [0.29, 0.717) is 0 Å². The quantitative estimate of drug-likeness (QED) is 0.609. The van der Waals surface area contributed by atoms with Gasteiger partial charge in [0.15, 0.2) is 0 Å². The Morgan fingerprint density at radius 1 is 1.20 bits per heavy atom. The Balaban J connectivity index is 4.33. The Labute approximate surface area is 56.2 Å². The maximum absolute atomic E-state index is 12.5. The minimum atomic E-state index is -4.84. The lowest BCUT2D eigenvalue weighted by Gasteiger charge is -2.24. The summed E-state index contributed by atoms with van der Waals surface area (Å²) in [6.07, 6.45) is -5.47. The van der Waals surface area contributed by atoms with Crippen molar-refractivity contribution in [3.63, 3.8) is 0 Å². The van der Waals surface area contributed by atoms with E-state index in [-0.39, 0.29) is 0 Å². The molecule has 10 heavy (non-hydrogen) atoms. The van der Waals surface area contributed by atoms with E-state index in [4.69, 9.17) is 0 Å². The van der Waals surface area contributed by atoms with E-state index in [1.165, 1.54) is 0 Å². The van der Waals surface area contributed by atoms with Gasteiger partial charge in [0.25, 0.3) is 0 Å². The van der Waals surface area contributed by atoms with Crippen LogP contribution in [0, 0.1) is 0 Å². The normalized spacial score (nSPS) is 18.6. The lowest BCUT2D eigenvalue weighted by atomic mass is 10.0. The smallest absolute Gasteiger partial charge is 0.327 e. The summed E-state index contributed by atoms with van der Waals surface area (Å²) in [6, 6.07) is 0.